The average Bonchev–Trinajstić information content (AvgIpc) is 2.14. The Morgan fingerprint density at radius 3 is 2.33 bits per heavy atom. The molecule has 0 bridgehead atoms. The maximum absolute atomic E-state index is 11.4. The molecule has 0 radical (unpaired) electrons. The van der Waals surface area contributed by atoms with Crippen LogP contribution in [-0.2, 0) is 4.79 Å². The Labute approximate surface area is 94.8 Å². The van der Waals surface area contributed by atoms with E-state index in [1.54, 1.807) is 0 Å². The van der Waals surface area contributed by atoms with Crippen LogP contribution in [0.3, 0.4) is 0 Å². The number of amides is 1. The first-order chi connectivity index (χ1) is 7.06. The number of nitrogens with one attached hydrogen (secondary N) is 1. The minimum absolute atomic E-state index is 0.217. The van der Waals surface area contributed by atoms with Crippen LogP contribution in [0, 0.1) is 5.92 Å². The molecule has 2 heteroatoms. The molecule has 1 N–H and O–H groups in total. The van der Waals surface area contributed by atoms with Crippen molar-refractivity contribution in [3.63, 3.8) is 0 Å². The minimum atomic E-state index is 0.217. The molecule has 1 atom stereocenters. The predicted molar refractivity (Wildman–Crippen MR) is 65.8 cm³/mol. The molecule has 0 aliphatic heterocycles. The van der Waals surface area contributed by atoms with Gasteiger partial charge in [-0.3, -0.25) is 4.79 Å². The fraction of sp³-hybridized carbons (Fsp3) is 0.923. The van der Waals surface area contributed by atoms with E-state index >= 15 is 0 Å². The van der Waals surface area contributed by atoms with Gasteiger partial charge >= 0.3 is 0 Å². The number of unbranched alkanes of at least 4 members (excludes halogenated alkanes) is 1. The molecular formula is C13H27NO. The topological polar surface area (TPSA) is 29.1 Å². The van der Waals surface area contributed by atoms with E-state index in [-0.39, 0.29) is 5.91 Å². The molecule has 0 fully saturated rings. The van der Waals surface area contributed by atoms with Crippen molar-refractivity contribution in [2.24, 2.45) is 5.92 Å². The predicted octanol–water partition coefficient (Wildman–Crippen LogP) is 3.51. The molecule has 90 valence electrons. The number of hydrogen-bond acceptors (Lipinski definition) is 1. The van der Waals surface area contributed by atoms with Gasteiger partial charge in [0.05, 0.1) is 0 Å². The van der Waals surface area contributed by atoms with E-state index in [4.69, 9.17) is 0 Å². The van der Waals surface area contributed by atoms with Crippen LogP contribution >= 0.6 is 0 Å². The highest BCUT2D eigenvalue weighted by molar-refractivity contribution is 5.76. The van der Waals surface area contributed by atoms with E-state index in [9.17, 15) is 4.79 Å². The van der Waals surface area contributed by atoms with Crippen molar-refractivity contribution in [1.82, 2.24) is 5.32 Å². The van der Waals surface area contributed by atoms with Gasteiger partial charge in [-0.2, -0.15) is 0 Å². The third-order valence-corrected chi connectivity index (χ3v) is 2.58. The molecule has 1 unspecified atom stereocenters. The molecule has 0 aromatic rings. The molecule has 0 aliphatic rings. The smallest absolute Gasteiger partial charge is 0.220 e. The van der Waals surface area contributed by atoms with Crippen molar-refractivity contribution in [3.05, 3.63) is 0 Å². The third-order valence-electron chi connectivity index (χ3n) is 2.58. The van der Waals surface area contributed by atoms with E-state index in [1.165, 1.54) is 12.8 Å². The summed E-state index contributed by atoms with van der Waals surface area (Å²) in [6.07, 6.45) is 6.36. The lowest BCUT2D eigenvalue weighted by molar-refractivity contribution is -0.121. The second-order valence-corrected chi connectivity index (χ2v) is 4.90. The standard InChI is InChI=1S/C13H27NO/c1-5-6-10-13(15)14-12(4)9-7-8-11(2)3/h11-12H,5-10H2,1-4H3,(H,14,15). The van der Waals surface area contributed by atoms with Crippen molar-refractivity contribution in [2.75, 3.05) is 0 Å². The van der Waals surface area contributed by atoms with Crippen LogP contribution in [-0.4, -0.2) is 11.9 Å². The van der Waals surface area contributed by atoms with Gasteiger partial charge in [-0.15, -0.1) is 0 Å². The van der Waals surface area contributed by atoms with Gasteiger partial charge in [0.1, 0.15) is 0 Å². The van der Waals surface area contributed by atoms with Crippen LogP contribution in [0.5, 0.6) is 0 Å². The Hall–Kier alpha value is -0.530. The normalized spacial score (nSPS) is 12.9. The number of rotatable bonds is 8. The van der Waals surface area contributed by atoms with E-state index in [0.717, 1.165) is 25.2 Å². The van der Waals surface area contributed by atoms with Gasteiger partial charge in [0.25, 0.3) is 0 Å². The molecule has 1 amide bonds. The maximum atomic E-state index is 11.4. The highest BCUT2D eigenvalue weighted by Gasteiger charge is 2.06. The largest absolute Gasteiger partial charge is 0.354 e. The van der Waals surface area contributed by atoms with Crippen molar-refractivity contribution < 1.29 is 4.79 Å². The first kappa shape index (κ1) is 14.5. The summed E-state index contributed by atoms with van der Waals surface area (Å²) in [5.41, 5.74) is 0. The van der Waals surface area contributed by atoms with Gasteiger partial charge in [0.2, 0.25) is 5.91 Å². The van der Waals surface area contributed by atoms with E-state index in [1.807, 2.05) is 0 Å². The summed E-state index contributed by atoms with van der Waals surface area (Å²) in [4.78, 5) is 11.4. The molecule has 0 aromatic carbocycles. The fourth-order valence-corrected chi connectivity index (χ4v) is 1.59. The number of hydrogen-bond donors (Lipinski definition) is 1. The summed E-state index contributed by atoms with van der Waals surface area (Å²) in [6, 6.07) is 0.341. The zero-order chi connectivity index (χ0) is 11.7. The van der Waals surface area contributed by atoms with E-state index in [0.29, 0.717) is 12.5 Å². The second kappa shape index (κ2) is 8.75. The first-order valence-corrected chi connectivity index (χ1v) is 6.35. The molecule has 0 aromatic heterocycles. The Morgan fingerprint density at radius 2 is 1.80 bits per heavy atom. The Balaban J connectivity index is 3.46. The average molecular weight is 213 g/mol. The van der Waals surface area contributed by atoms with Gasteiger partial charge in [-0.05, 0) is 25.7 Å². The van der Waals surface area contributed by atoms with Crippen LogP contribution in [0.25, 0.3) is 0 Å². The molecule has 15 heavy (non-hydrogen) atoms. The second-order valence-electron chi connectivity index (χ2n) is 4.90. The van der Waals surface area contributed by atoms with Gasteiger partial charge < -0.3 is 5.32 Å². The monoisotopic (exact) mass is 213 g/mol. The minimum Gasteiger partial charge on any atom is -0.354 e. The van der Waals surface area contributed by atoms with Crippen LogP contribution in [0.15, 0.2) is 0 Å². The van der Waals surface area contributed by atoms with Gasteiger partial charge in [0.15, 0.2) is 0 Å². The van der Waals surface area contributed by atoms with Crippen LogP contribution in [0.1, 0.15) is 66.2 Å². The Morgan fingerprint density at radius 1 is 1.13 bits per heavy atom. The zero-order valence-electron chi connectivity index (χ0n) is 10.8. The summed E-state index contributed by atoms with van der Waals surface area (Å²) in [5.74, 6) is 0.988. The van der Waals surface area contributed by atoms with Crippen molar-refractivity contribution in [3.8, 4) is 0 Å². The highest BCUT2D eigenvalue weighted by atomic mass is 16.1. The fourth-order valence-electron chi connectivity index (χ4n) is 1.59. The van der Waals surface area contributed by atoms with Crippen LogP contribution < -0.4 is 5.32 Å². The molecule has 0 rings (SSSR count). The molecule has 0 aliphatic carbocycles. The molecule has 0 spiro atoms. The van der Waals surface area contributed by atoms with Gasteiger partial charge in [0, 0.05) is 12.5 Å². The summed E-state index contributed by atoms with van der Waals surface area (Å²) < 4.78 is 0. The van der Waals surface area contributed by atoms with Gasteiger partial charge in [-0.25, -0.2) is 0 Å². The zero-order valence-corrected chi connectivity index (χ0v) is 10.8. The molecule has 2 nitrogen and oxygen atoms in total. The van der Waals surface area contributed by atoms with E-state index in [2.05, 4.69) is 33.0 Å². The number of carbonyl (C=O) groups is 1. The van der Waals surface area contributed by atoms with Crippen molar-refractivity contribution in [2.45, 2.75) is 72.3 Å². The SMILES string of the molecule is CCCCC(=O)NC(C)CCCC(C)C. The summed E-state index contributed by atoms with van der Waals surface area (Å²) in [6.45, 7) is 8.69. The molecule has 0 saturated heterocycles. The lowest BCUT2D eigenvalue weighted by Crippen LogP contribution is -2.32. The Kier molecular flexibility index (Phi) is 8.44. The highest BCUT2D eigenvalue weighted by Crippen LogP contribution is 2.08. The van der Waals surface area contributed by atoms with Gasteiger partial charge in [-0.1, -0.05) is 40.0 Å². The summed E-state index contributed by atoms with van der Waals surface area (Å²) >= 11 is 0. The number of carbonyl (C=O) groups excluding carboxylic acids is 1. The molecular weight excluding hydrogens is 186 g/mol. The Bertz CT molecular complexity index is 166. The molecule has 0 saturated carbocycles. The van der Waals surface area contributed by atoms with Crippen LogP contribution in [0.4, 0.5) is 0 Å². The first-order valence-electron chi connectivity index (χ1n) is 6.35. The maximum Gasteiger partial charge on any atom is 0.220 e. The summed E-state index contributed by atoms with van der Waals surface area (Å²) in [7, 11) is 0. The summed E-state index contributed by atoms with van der Waals surface area (Å²) in [5, 5.41) is 3.05. The van der Waals surface area contributed by atoms with Crippen molar-refractivity contribution in [1.29, 1.82) is 0 Å². The quantitative estimate of drug-likeness (QED) is 0.657. The molecule has 0 heterocycles. The van der Waals surface area contributed by atoms with Crippen molar-refractivity contribution >= 4 is 5.91 Å². The van der Waals surface area contributed by atoms with E-state index < -0.39 is 0 Å². The lowest BCUT2D eigenvalue weighted by Gasteiger charge is -2.14. The van der Waals surface area contributed by atoms with Crippen LogP contribution in [0.2, 0.25) is 0 Å². The third kappa shape index (κ3) is 9.77. The lowest BCUT2D eigenvalue weighted by atomic mass is 10.0.